The molecule has 2 atom stereocenters. The lowest BCUT2D eigenvalue weighted by Gasteiger charge is -2.60. The average Bonchev–Trinajstić information content (AvgIpc) is 2.84. The lowest BCUT2D eigenvalue weighted by Crippen LogP contribution is -2.67. The first-order valence-electron chi connectivity index (χ1n) is 7.76. The molecule has 1 aromatic rings. The molecule has 1 heterocycles. The van der Waals surface area contributed by atoms with Crippen molar-refractivity contribution >= 4 is 17.2 Å². The van der Waals surface area contributed by atoms with Gasteiger partial charge in [0.1, 0.15) is 5.69 Å². The van der Waals surface area contributed by atoms with Crippen molar-refractivity contribution in [2.45, 2.75) is 51.2 Å². The van der Waals surface area contributed by atoms with E-state index in [0.29, 0.717) is 18.3 Å². The molecule has 116 valence electrons. The summed E-state index contributed by atoms with van der Waals surface area (Å²) in [7, 11) is 0. The first-order chi connectivity index (χ1) is 10.2. The molecule has 2 aliphatic rings. The van der Waals surface area contributed by atoms with Crippen LogP contribution in [0.4, 0.5) is 0 Å². The highest BCUT2D eigenvalue weighted by Crippen LogP contribution is 2.57. The van der Waals surface area contributed by atoms with Gasteiger partial charge in [-0.3, -0.25) is 4.79 Å². The highest BCUT2D eigenvalue weighted by atomic mass is 32.1. The van der Waals surface area contributed by atoms with Crippen LogP contribution in [0.2, 0.25) is 0 Å². The number of aromatic nitrogens is 1. The maximum Gasteiger partial charge on any atom is 0.270 e. The van der Waals surface area contributed by atoms with Crippen molar-refractivity contribution in [1.29, 1.82) is 0 Å². The van der Waals surface area contributed by atoms with Gasteiger partial charge in [-0.05, 0) is 32.7 Å². The first-order valence-corrected chi connectivity index (χ1v) is 8.64. The topological polar surface area (TPSA) is 77.2 Å². The minimum absolute atomic E-state index is 0.0549. The third kappa shape index (κ3) is 2.60. The molecule has 2 saturated carbocycles. The normalized spacial score (nSPS) is 26.2. The number of nitrogens with one attached hydrogen (secondary N) is 1. The molecule has 1 amide bonds. The summed E-state index contributed by atoms with van der Waals surface area (Å²) in [6.45, 7) is 3.35. The summed E-state index contributed by atoms with van der Waals surface area (Å²) in [5.74, 6) is -0.0549. The second kappa shape index (κ2) is 6.02. The van der Waals surface area contributed by atoms with E-state index in [1.807, 2.05) is 12.3 Å². The highest BCUT2D eigenvalue weighted by molar-refractivity contribution is 7.09. The summed E-state index contributed by atoms with van der Waals surface area (Å²) in [4.78, 5) is 16.7. The molecule has 2 unspecified atom stereocenters. The molecule has 0 bridgehead atoms. The number of carbonyl (C=O) groups excluding carboxylic acids is 1. The van der Waals surface area contributed by atoms with Gasteiger partial charge in [0.2, 0.25) is 0 Å². The number of nitrogens with zero attached hydrogens (tertiary/aromatic N) is 1. The zero-order chi connectivity index (χ0) is 14.9. The van der Waals surface area contributed by atoms with Crippen LogP contribution in [-0.2, 0) is 11.2 Å². The molecule has 6 heteroatoms. The van der Waals surface area contributed by atoms with E-state index in [2.05, 4.69) is 10.3 Å². The summed E-state index contributed by atoms with van der Waals surface area (Å²) in [6, 6.07) is 0.245. The van der Waals surface area contributed by atoms with Gasteiger partial charge in [-0.2, -0.15) is 0 Å². The first kappa shape index (κ1) is 14.9. The Morgan fingerprint density at radius 2 is 2.43 bits per heavy atom. The maximum atomic E-state index is 12.3. The average molecular weight is 309 g/mol. The van der Waals surface area contributed by atoms with E-state index in [0.717, 1.165) is 37.3 Å². The number of ether oxygens (including phenoxy) is 1. The molecule has 1 spiro atoms. The predicted octanol–water partition coefficient (Wildman–Crippen LogP) is 1.72. The van der Waals surface area contributed by atoms with Crippen LogP contribution < -0.4 is 11.1 Å². The lowest BCUT2D eigenvalue weighted by molar-refractivity contribution is -0.169. The van der Waals surface area contributed by atoms with Gasteiger partial charge in [0.25, 0.3) is 5.91 Å². The summed E-state index contributed by atoms with van der Waals surface area (Å²) in [5, 5.41) is 5.92. The maximum absolute atomic E-state index is 12.3. The van der Waals surface area contributed by atoms with E-state index in [1.54, 1.807) is 0 Å². The fourth-order valence-electron chi connectivity index (χ4n) is 3.53. The Labute approximate surface area is 129 Å². The lowest BCUT2D eigenvalue weighted by atomic mass is 9.51. The number of nitrogens with two attached hydrogens (primary N) is 1. The van der Waals surface area contributed by atoms with Gasteiger partial charge in [0, 0.05) is 29.9 Å². The van der Waals surface area contributed by atoms with Crippen LogP contribution in [0.15, 0.2) is 5.38 Å². The Morgan fingerprint density at radius 3 is 3.05 bits per heavy atom. The highest BCUT2D eigenvalue weighted by Gasteiger charge is 2.59. The quantitative estimate of drug-likeness (QED) is 0.839. The molecule has 0 radical (unpaired) electrons. The number of rotatable bonds is 6. The Bertz CT molecular complexity index is 513. The third-order valence-electron chi connectivity index (χ3n) is 4.89. The summed E-state index contributed by atoms with van der Waals surface area (Å²) < 4.78 is 5.81. The van der Waals surface area contributed by atoms with Gasteiger partial charge < -0.3 is 15.8 Å². The van der Waals surface area contributed by atoms with Gasteiger partial charge in [-0.25, -0.2) is 4.98 Å². The van der Waals surface area contributed by atoms with E-state index >= 15 is 0 Å². The predicted molar refractivity (Wildman–Crippen MR) is 82.4 cm³/mol. The van der Waals surface area contributed by atoms with Crippen molar-refractivity contribution in [3.05, 3.63) is 16.1 Å². The van der Waals surface area contributed by atoms with Crippen molar-refractivity contribution in [3.8, 4) is 0 Å². The molecule has 0 aromatic carbocycles. The Hall–Kier alpha value is -0.980. The zero-order valence-electron chi connectivity index (χ0n) is 12.4. The van der Waals surface area contributed by atoms with Crippen LogP contribution in [0.3, 0.4) is 0 Å². The van der Waals surface area contributed by atoms with E-state index in [-0.39, 0.29) is 17.4 Å². The smallest absolute Gasteiger partial charge is 0.270 e. The zero-order valence-corrected chi connectivity index (χ0v) is 13.2. The molecule has 3 N–H and O–H groups in total. The third-order valence-corrected chi connectivity index (χ3v) is 5.79. The minimum atomic E-state index is -0.0549. The molecular formula is C15H23N3O2S. The summed E-state index contributed by atoms with van der Waals surface area (Å²) >= 11 is 1.51. The van der Waals surface area contributed by atoms with Crippen molar-refractivity contribution in [2.24, 2.45) is 11.1 Å². The van der Waals surface area contributed by atoms with Crippen molar-refractivity contribution in [1.82, 2.24) is 10.3 Å². The Morgan fingerprint density at radius 1 is 1.62 bits per heavy atom. The fraction of sp³-hybridized carbons (Fsp3) is 0.733. The largest absolute Gasteiger partial charge is 0.378 e. The van der Waals surface area contributed by atoms with Crippen LogP contribution in [-0.4, -0.2) is 36.2 Å². The van der Waals surface area contributed by atoms with Gasteiger partial charge >= 0.3 is 0 Å². The van der Waals surface area contributed by atoms with Crippen molar-refractivity contribution in [2.75, 3.05) is 13.2 Å². The number of hydrogen-bond acceptors (Lipinski definition) is 5. The number of thiazole rings is 1. The second-order valence-electron chi connectivity index (χ2n) is 5.96. The summed E-state index contributed by atoms with van der Waals surface area (Å²) in [5.41, 5.74) is 6.24. The van der Waals surface area contributed by atoms with Gasteiger partial charge in [-0.1, -0.05) is 6.42 Å². The second-order valence-corrected chi connectivity index (χ2v) is 6.90. The Kier molecular flexibility index (Phi) is 4.28. The molecule has 0 aliphatic heterocycles. The van der Waals surface area contributed by atoms with E-state index in [9.17, 15) is 4.79 Å². The number of carbonyl (C=O) groups is 1. The standard InChI is InChI=1S/C15H23N3O2S/c1-2-20-12-8-11(15(12)5-3-6-15)18-14(19)10-9-21-13(17-10)4-7-16/h9,11-12H,2-8,16H2,1H3,(H,18,19). The van der Waals surface area contributed by atoms with Crippen LogP contribution in [0, 0.1) is 5.41 Å². The van der Waals surface area contributed by atoms with Gasteiger partial charge in [0.05, 0.1) is 11.1 Å². The van der Waals surface area contributed by atoms with Crippen LogP contribution in [0.5, 0.6) is 0 Å². The van der Waals surface area contributed by atoms with Gasteiger partial charge in [0.15, 0.2) is 0 Å². The summed E-state index contributed by atoms with van der Waals surface area (Å²) in [6.07, 6.45) is 5.56. The molecular weight excluding hydrogens is 286 g/mol. The number of amides is 1. The van der Waals surface area contributed by atoms with E-state index < -0.39 is 0 Å². The Balaban J connectivity index is 1.60. The van der Waals surface area contributed by atoms with Crippen LogP contribution in [0.1, 0.15) is 48.1 Å². The molecule has 3 rings (SSSR count). The van der Waals surface area contributed by atoms with Crippen LogP contribution >= 0.6 is 11.3 Å². The number of hydrogen-bond donors (Lipinski definition) is 2. The molecule has 0 saturated heterocycles. The molecule has 2 fully saturated rings. The monoisotopic (exact) mass is 309 g/mol. The fourth-order valence-corrected chi connectivity index (χ4v) is 4.32. The van der Waals surface area contributed by atoms with E-state index in [1.165, 1.54) is 17.8 Å². The van der Waals surface area contributed by atoms with Crippen LogP contribution in [0.25, 0.3) is 0 Å². The molecule has 1 aromatic heterocycles. The SMILES string of the molecule is CCOC1CC(NC(=O)c2csc(CCN)n2)C12CCC2. The van der Waals surface area contributed by atoms with Crippen molar-refractivity contribution < 1.29 is 9.53 Å². The van der Waals surface area contributed by atoms with E-state index in [4.69, 9.17) is 10.5 Å². The minimum Gasteiger partial charge on any atom is -0.378 e. The molecule has 2 aliphatic carbocycles. The van der Waals surface area contributed by atoms with Gasteiger partial charge in [-0.15, -0.1) is 11.3 Å². The molecule has 5 nitrogen and oxygen atoms in total. The molecule has 21 heavy (non-hydrogen) atoms. The van der Waals surface area contributed by atoms with Crippen molar-refractivity contribution in [3.63, 3.8) is 0 Å².